The van der Waals surface area contributed by atoms with Crippen LogP contribution >= 0.6 is 8.25 Å². The molecule has 21 heavy (non-hydrogen) atoms. The fourth-order valence-corrected chi connectivity index (χ4v) is 2.31. The number of hydrogen-bond donors (Lipinski definition) is 1. The number of nitrogens with zero attached hydrogens (tertiary/aromatic N) is 1. The summed E-state index contributed by atoms with van der Waals surface area (Å²) < 4.78 is 21.9. The molecule has 1 aromatic carbocycles. The first-order chi connectivity index (χ1) is 10.1. The average molecular weight is 307 g/mol. The number of carbonyl (C=O) groups excluding carboxylic acids is 1. The zero-order chi connectivity index (χ0) is 15.2. The molecule has 2 aromatic rings. The SMILES string of the molecule is Cc1ncc(CO[PH](=O)Oc2ccccc2)c(C=O)c1O. The highest BCUT2D eigenvalue weighted by Crippen LogP contribution is 2.30. The van der Waals surface area contributed by atoms with Crippen molar-refractivity contribution in [1.82, 2.24) is 4.98 Å². The van der Waals surface area contributed by atoms with Crippen molar-refractivity contribution in [3.63, 3.8) is 0 Å². The molecule has 1 heterocycles. The Bertz CT molecular complexity index is 660. The third kappa shape index (κ3) is 3.90. The molecule has 110 valence electrons. The molecule has 0 aliphatic rings. The number of aryl methyl sites for hydroxylation is 1. The lowest BCUT2D eigenvalue weighted by molar-refractivity contribution is 0.111. The van der Waals surface area contributed by atoms with E-state index in [1.807, 2.05) is 6.07 Å². The Kier molecular flexibility index (Phi) is 5.09. The number of aldehydes is 1. The third-order valence-corrected chi connectivity index (χ3v) is 3.55. The van der Waals surface area contributed by atoms with E-state index in [9.17, 15) is 14.5 Å². The van der Waals surface area contributed by atoms with E-state index in [1.54, 1.807) is 31.2 Å². The number of rotatable bonds is 6. The van der Waals surface area contributed by atoms with Crippen LogP contribution in [0.1, 0.15) is 21.6 Å². The zero-order valence-corrected chi connectivity index (χ0v) is 12.3. The monoisotopic (exact) mass is 307 g/mol. The molecular formula is C14H14NO5P. The minimum Gasteiger partial charge on any atom is -0.505 e. The Morgan fingerprint density at radius 2 is 2.05 bits per heavy atom. The number of carbonyl (C=O) groups is 1. The molecule has 0 bridgehead atoms. The quantitative estimate of drug-likeness (QED) is 0.652. The van der Waals surface area contributed by atoms with Gasteiger partial charge in [-0.25, -0.2) is 4.57 Å². The number of para-hydroxylation sites is 1. The van der Waals surface area contributed by atoms with Crippen LogP contribution in [0.5, 0.6) is 11.5 Å². The van der Waals surface area contributed by atoms with Crippen molar-refractivity contribution in [2.24, 2.45) is 0 Å². The molecule has 0 saturated carbocycles. The first-order valence-electron chi connectivity index (χ1n) is 6.14. The molecular weight excluding hydrogens is 293 g/mol. The lowest BCUT2D eigenvalue weighted by Gasteiger charge is -2.09. The van der Waals surface area contributed by atoms with Crippen LogP contribution in [0.25, 0.3) is 0 Å². The van der Waals surface area contributed by atoms with Crippen LogP contribution in [0.15, 0.2) is 36.5 Å². The highest BCUT2D eigenvalue weighted by molar-refractivity contribution is 7.33. The smallest absolute Gasteiger partial charge is 0.368 e. The van der Waals surface area contributed by atoms with E-state index in [0.29, 0.717) is 23.3 Å². The highest BCUT2D eigenvalue weighted by atomic mass is 31.1. The first-order valence-corrected chi connectivity index (χ1v) is 7.36. The first kappa shape index (κ1) is 15.2. The Labute approximate surface area is 122 Å². The summed E-state index contributed by atoms with van der Waals surface area (Å²) >= 11 is 0. The number of aromatic nitrogens is 1. The summed E-state index contributed by atoms with van der Waals surface area (Å²) in [5.74, 6) is 0.233. The molecule has 2 rings (SSSR count). The van der Waals surface area contributed by atoms with Crippen molar-refractivity contribution in [2.75, 3.05) is 0 Å². The van der Waals surface area contributed by atoms with Crippen LogP contribution in [-0.2, 0) is 15.7 Å². The van der Waals surface area contributed by atoms with Gasteiger partial charge in [-0.3, -0.25) is 14.3 Å². The van der Waals surface area contributed by atoms with Crippen LogP contribution < -0.4 is 4.52 Å². The number of aromatic hydroxyl groups is 1. The fourth-order valence-electron chi connectivity index (χ4n) is 1.65. The lowest BCUT2D eigenvalue weighted by Crippen LogP contribution is -1.99. The van der Waals surface area contributed by atoms with Gasteiger partial charge in [0, 0.05) is 11.8 Å². The van der Waals surface area contributed by atoms with Gasteiger partial charge in [-0.15, -0.1) is 0 Å². The molecule has 0 aliphatic carbocycles. The van der Waals surface area contributed by atoms with Crippen molar-refractivity contribution in [3.8, 4) is 11.5 Å². The van der Waals surface area contributed by atoms with Gasteiger partial charge in [0.25, 0.3) is 0 Å². The van der Waals surface area contributed by atoms with Crippen molar-refractivity contribution < 1.29 is 23.5 Å². The maximum Gasteiger partial charge on any atom is 0.368 e. The van der Waals surface area contributed by atoms with Crippen molar-refractivity contribution in [2.45, 2.75) is 13.5 Å². The van der Waals surface area contributed by atoms with E-state index in [4.69, 9.17) is 9.05 Å². The van der Waals surface area contributed by atoms with Crippen LogP contribution in [-0.4, -0.2) is 16.4 Å². The van der Waals surface area contributed by atoms with Crippen LogP contribution in [0.2, 0.25) is 0 Å². The summed E-state index contributed by atoms with van der Waals surface area (Å²) in [7, 11) is -2.76. The van der Waals surface area contributed by atoms with Gasteiger partial charge >= 0.3 is 8.25 Å². The Morgan fingerprint density at radius 3 is 2.71 bits per heavy atom. The average Bonchev–Trinajstić information content (AvgIpc) is 2.49. The number of benzene rings is 1. The van der Waals surface area contributed by atoms with Gasteiger partial charge in [0.05, 0.1) is 17.9 Å². The minimum absolute atomic E-state index is 0.0806. The van der Waals surface area contributed by atoms with Crippen molar-refractivity contribution in [3.05, 3.63) is 53.3 Å². The van der Waals surface area contributed by atoms with E-state index in [-0.39, 0.29) is 17.9 Å². The molecule has 7 heteroatoms. The molecule has 6 nitrogen and oxygen atoms in total. The summed E-state index contributed by atoms with van der Waals surface area (Å²) in [6.45, 7) is 1.44. The van der Waals surface area contributed by atoms with Crippen LogP contribution in [0.4, 0.5) is 0 Å². The van der Waals surface area contributed by atoms with E-state index < -0.39 is 8.25 Å². The Morgan fingerprint density at radius 1 is 1.33 bits per heavy atom. The lowest BCUT2D eigenvalue weighted by atomic mass is 10.1. The molecule has 0 amide bonds. The summed E-state index contributed by atoms with van der Waals surface area (Å²) in [6, 6.07) is 8.61. The number of pyridine rings is 1. The Balaban J connectivity index is 2.02. The van der Waals surface area contributed by atoms with Gasteiger partial charge in [-0.2, -0.15) is 0 Å². The summed E-state index contributed by atoms with van der Waals surface area (Å²) in [5.41, 5.74) is 0.772. The van der Waals surface area contributed by atoms with Crippen LogP contribution in [0.3, 0.4) is 0 Å². The Hall–Kier alpha value is -2.17. The number of hydrogen-bond acceptors (Lipinski definition) is 6. The normalized spacial score (nSPS) is 11.9. The standard InChI is InChI=1S/C14H14NO5P/c1-10-14(17)13(8-16)11(7-15-10)9-19-21(18)20-12-5-3-2-4-6-12/h2-8,17,21H,9H2,1H3. The van der Waals surface area contributed by atoms with Gasteiger partial charge in [0.1, 0.15) is 11.5 Å². The molecule has 0 saturated heterocycles. The second-order valence-corrected chi connectivity index (χ2v) is 5.20. The van der Waals surface area contributed by atoms with E-state index >= 15 is 0 Å². The molecule has 1 N–H and O–H groups in total. The molecule has 1 unspecified atom stereocenters. The van der Waals surface area contributed by atoms with Crippen molar-refractivity contribution >= 4 is 14.5 Å². The van der Waals surface area contributed by atoms with E-state index in [1.165, 1.54) is 6.20 Å². The molecule has 0 fully saturated rings. The van der Waals surface area contributed by atoms with E-state index in [0.717, 1.165) is 0 Å². The predicted octanol–water partition coefficient (Wildman–Crippen LogP) is 2.89. The summed E-state index contributed by atoms with van der Waals surface area (Å²) in [4.78, 5) is 14.9. The van der Waals surface area contributed by atoms with E-state index in [2.05, 4.69) is 4.98 Å². The predicted molar refractivity (Wildman–Crippen MR) is 76.9 cm³/mol. The molecule has 1 atom stereocenters. The van der Waals surface area contributed by atoms with Crippen LogP contribution in [0, 0.1) is 6.92 Å². The van der Waals surface area contributed by atoms with Gasteiger partial charge in [-0.05, 0) is 19.1 Å². The second kappa shape index (κ2) is 7.02. The molecule has 0 spiro atoms. The largest absolute Gasteiger partial charge is 0.505 e. The summed E-state index contributed by atoms with van der Waals surface area (Å²) in [6.07, 6.45) is 1.91. The van der Waals surface area contributed by atoms with Gasteiger partial charge in [-0.1, -0.05) is 18.2 Å². The highest BCUT2D eigenvalue weighted by Gasteiger charge is 2.12. The molecule has 1 aromatic heterocycles. The van der Waals surface area contributed by atoms with Gasteiger partial charge in [0.15, 0.2) is 6.29 Å². The fraction of sp³-hybridized carbons (Fsp3) is 0.143. The van der Waals surface area contributed by atoms with Gasteiger partial charge < -0.3 is 9.63 Å². The van der Waals surface area contributed by atoms with Crippen molar-refractivity contribution in [1.29, 1.82) is 0 Å². The molecule has 0 aliphatic heterocycles. The minimum atomic E-state index is -2.76. The maximum atomic E-state index is 11.7. The topological polar surface area (TPSA) is 85.7 Å². The third-order valence-electron chi connectivity index (χ3n) is 2.77. The zero-order valence-electron chi connectivity index (χ0n) is 11.3. The summed E-state index contributed by atoms with van der Waals surface area (Å²) in [5, 5.41) is 9.73. The second-order valence-electron chi connectivity index (χ2n) is 4.20. The maximum absolute atomic E-state index is 11.7. The molecule has 0 radical (unpaired) electrons. The van der Waals surface area contributed by atoms with Gasteiger partial charge in [0.2, 0.25) is 0 Å².